The van der Waals surface area contributed by atoms with Gasteiger partial charge in [-0.3, -0.25) is 4.79 Å². The number of ether oxygens (including phenoxy) is 1. The van der Waals surface area contributed by atoms with Gasteiger partial charge in [0.05, 0.1) is 30.2 Å². The molecule has 5 nitrogen and oxygen atoms in total. The number of amides is 1. The molecule has 0 spiro atoms. The molecule has 1 heterocycles. The smallest absolute Gasteiger partial charge is 0.257 e. The van der Waals surface area contributed by atoms with E-state index in [0.29, 0.717) is 27.8 Å². The number of nitrogens with one attached hydrogen (secondary N) is 1. The summed E-state index contributed by atoms with van der Waals surface area (Å²) in [4.78, 5) is 16.2. The number of nitrogen functional groups attached to an aromatic ring is 1. The molecule has 1 aromatic carbocycles. The van der Waals surface area contributed by atoms with Crippen LogP contribution in [0, 0.1) is 6.92 Å². The first-order valence-electron chi connectivity index (χ1n) is 5.89. The molecule has 2 aromatic rings. The molecule has 2 rings (SSSR count). The third-order valence-corrected chi connectivity index (χ3v) is 3.20. The van der Waals surface area contributed by atoms with E-state index in [0.717, 1.165) is 5.56 Å². The first-order chi connectivity index (χ1) is 9.52. The van der Waals surface area contributed by atoms with Crippen molar-refractivity contribution in [2.24, 2.45) is 0 Å². The minimum absolute atomic E-state index is 0.297. The van der Waals surface area contributed by atoms with Crippen LogP contribution in [0.2, 0.25) is 5.15 Å². The van der Waals surface area contributed by atoms with Gasteiger partial charge in [-0.2, -0.15) is 0 Å². The van der Waals surface area contributed by atoms with Gasteiger partial charge in [0, 0.05) is 0 Å². The van der Waals surface area contributed by atoms with Gasteiger partial charge in [-0.25, -0.2) is 4.98 Å². The molecule has 0 saturated heterocycles. The second-order valence-electron chi connectivity index (χ2n) is 4.21. The number of methoxy groups -OCH3 is 1. The number of para-hydroxylation sites is 1. The maximum Gasteiger partial charge on any atom is 0.257 e. The number of carbonyl (C=O) groups is 1. The van der Waals surface area contributed by atoms with Gasteiger partial charge < -0.3 is 15.8 Å². The van der Waals surface area contributed by atoms with Crippen molar-refractivity contribution >= 4 is 28.9 Å². The van der Waals surface area contributed by atoms with E-state index in [1.165, 1.54) is 13.3 Å². The number of nitrogens with two attached hydrogens (primary N) is 1. The Morgan fingerprint density at radius 1 is 1.45 bits per heavy atom. The molecular weight excluding hydrogens is 278 g/mol. The largest absolute Gasteiger partial charge is 0.495 e. The van der Waals surface area contributed by atoms with Gasteiger partial charge in [0.15, 0.2) is 0 Å². The Morgan fingerprint density at radius 2 is 2.20 bits per heavy atom. The molecule has 0 fully saturated rings. The second-order valence-corrected chi connectivity index (χ2v) is 4.57. The monoisotopic (exact) mass is 291 g/mol. The van der Waals surface area contributed by atoms with E-state index < -0.39 is 0 Å². The van der Waals surface area contributed by atoms with Crippen LogP contribution in [0.4, 0.5) is 11.4 Å². The van der Waals surface area contributed by atoms with Crippen molar-refractivity contribution in [2.45, 2.75) is 6.92 Å². The van der Waals surface area contributed by atoms with E-state index in [4.69, 9.17) is 22.1 Å². The van der Waals surface area contributed by atoms with E-state index in [2.05, 4.69) is 10.3 Å². The highest BCUT2D eigenvalue weighted by molar-refractivity contribution is 6.30. The molecule has 0 bridgehead atoms. The molecule has 3 N–H and O–H groups in total. The quantitative estimate of drug-likeness (QED) is 0.673. The lowest BCUT2D eigenvalue weighted by atomic mass is 10.1. The first kappa shape index (κ1) is 14.1. The lowest BCUT2D eigenvalue weighted by Crippen LogP contribution is -2.14. The number of hydrogen-bond donors (Lipinski definition) is 2. The van der Waals surface area contributed by atoms with Crippen molar-refractivity contribution in [1.29, 1.82) is 0 Å². The zero-order valence-corrected chi connectivity index (χ0v) is 11.9. The summed E-state index contributed by atoms with van der Waals surface area (Å²) in [5.41, 5.74) is 7.86. The molecule has 0 aliphatic heterocycles. The van der Waals surface area contributed by atoms with Crippen LogP contribution < -0.4 is 15.8 Å². The highest BCUT2D eigenvalue weighted by Crippen LogP contribution is 2.25. The number of aryl methyl sites for hydroxylation is 1. The fraction of sp³-hybridized carbons (Fsp3) is 0.143. The van der Waals surface area contributed by atoms with Crippen molar-refractivity contribution < 1.29 is 9.53 Å². The van der Waals surface area contributed by atoms with Crippen molar-refractivity contribution in [3.63, 3.8) is 0 Å². The molecule has 104 valence electrons. The van der Waals surface area contributed by atoms with Crippen molar-refractivity contribution in [2.75, 3.05) is 18.2 Å². The maximum atomic E-state index is 12.2. The fourth-order valence-electron chi connectivity index (χ4n) is 1.74. The summed E-state index contributed by atoms with van der Waals surface area (Å²) in [6, 6.07) is 6.77. The van der Waals surface area contributed by atoms with Crippen LogP contribution in [0.3, 0.4) is 0 Å². The Labute approximate surface area is 121 Å². The Morgan fingerprint density at radius 3 is 2.85 bits per heavy atom. The Kier molecular flexibility index (Phi) is 4.10. The van der Waals surface area contributed by atoms with E-state index >= 15 is 0 Å². The predicted molar refractivity (Wildman–Crippen MR) is 79.3 cm³/mol. The molecule has 20 heavy (non-hydrogen) atoms. The van der Waals surface area contributed by atoms with E-state index in [1.807, 2.05) is 6.92 Å². The third kappa shape index (κ3) is 2.83. The average Bonchev–Trinajstić information content (AvgIpc) is 2.43. The predicted octanol–water partition coefficient (Wildman–Crippen LogP) is 2.89. The van der Waals surface area contributed by atoms with Crippen LogP contribution in [-0.4, -0.2) is 18.0 Å². The summed E-state index contributed by atoms with van der Waals surface area (Å²) in [6.07, 6.45) is 1.49. The molecular formula is C14H14ClN3O2. The number of nitrogens with zero attached hydrogens (tertiary/aromatic N) is 1. The standard InChI is InChI=1S/C14H14ClN3O2/c1-8-6-9(7-17-13(8)15)18-14(19)10-4-3-5-11(20-2)12(10)16/h3-7H,16H2,1-2H3,(H,18,19). The van der Waals surface area contributed by atoms with Gasteiger partial charge in [0.1, 0.15) is 10.9 Å². The average molecular weight is 292 g/mol. The molecule has 0 aliphatic carbocycles. The molecule has 0 radical (unpaired) electrons. The number of anilines is 2. The van der Waals surface area contributed by atoms with Gasteiger partial charge >= 0.3 is 0 Å². The highest BCUT2D eigenvalue weighted by Gasteiger charge is 2.13. The van der Waals surface area contributed by atoms with Gasteiger partial charge in [-0.15, -0.1) is 0 Å². The summed E-state index contributed by atoms with van der Waals surface area (Å²) in [5.74, 6) is 0.132. The Hall–Kier alpha value is -2.27. The Bertz CT molecular complexity index is 659. The topological polar surface area (TPSA) is 77.2 Å². The number of rotatable bonds is 3. The van der Waals surface area contributed by atoms with E-state index in [1.54, 1.807) is 24.3 Å². The Balaban J connectivity index is 2.26. The van der Waals surface area contributed by atoms with Crippen molar-refractivity contribution in [3.8, 4) is 5.75 Å². The molecule has 0 atom stereocenters. The summed E-state index contributed by atoms with van der Waals surface area (Å²) in [6.45, 7) is 1.81. The van der Waals surface area contributed by atoms with Crippen LogP contribution in [-0.2, 0) is 0 Å². The maximum absolute atomic E-state index is 12.2. The van der Waals surface area contributed by atoms with Crippen LogP contribution in [0.15, 0.2) is 30.5 Å². The number of halogens is 1. The number of benzene rings is 1. The number of aromatic nitrogens is 1. The van der Waals surface area contributed by atoms with Gasteiger partial charge in [0.25, 0.3) is 5.91 Å². The van der Waals surface area contributed by atoms with Crippen LogP contribution in [0.5, 0.6) is 5.75 Å². The fourth-order valence-corrected chi connectivity index (χ4v) is 1.85. The number of pyridine rings is 1. The molecule has 0 aliphatic rings. The molecule has 6 heteroatoms. The zero-order valence-electron chi connectivity index (χ0n) is 11.1. The lowest BCUT2D eigenvalue weighted by molar-refractivity contribution is 0.102. The van der Waals surface area contributed by atoms with Gasteiger partial charge in [-0.05, 0) is 30.7 Å². The summed E-state index contributed by atoms with van der Waals surface area (Å²) >= 11 is 5.84. The normalized spacial score (nSPS) is 10.2. The van der Waals surface area contributed by atoms with Gasteiger partial charge in [0.2, 0.25) is 0 Å². The lowest BCUT2D eigenvalue weighted by Gasteiger charge is -2.10. The third-order valence-electron chi connectivity index (χ3n) is 2.80. The molecule has 0 saturated carbocycles. The highest BCUT2D eigenvalue weighted by atomic mass is 35.5. The molecule has 0 unspecified atom stereocenters. The van der Waals surface area contributed by atoms with Crippen LogP contribution in [0.1, 0.15) is 15.9 Å². The van der Waals surface area contributed by atoms with Crippen molar-refractivity contribution in [3.05, 3.63) is 46.7 Å². The van der Waals surface area contributed by atoms with E-state index in [9.17, 15) is 4.79 Å². The minimum atomic E-state index is -0.329. The summed E-state index contributed by atoms with van der Waals surface area (Å²) in [5, 5.41) is 3.13. The van der Waals surface area contributed by atoms with Crippen LogP contribution in [0.25, 0.3) is 0 Å². The van der Waals surface area contributed by atoms with E-state index in [-0.39, 0.29) is 5.91 Å². The first-order valence-corrected chi connectivity index (χ1v) is 6.26. The number of carbonyl (C=O) groups excluding carboxylic acids is 1. The number of hydrogen-bond acceptors (Lipinski definition) is 4. The van der Waals surface area contributed by atoms with Crippen molar-refractivity contribution in [1.82, 2.24) is 4.98 Å². The van der Waals surface area contributed by atoms with Gasteiger partial charge in [-0.1, -0.05) is 17.7 Å². The van der Waals surface area contributed by atoms with Crippen LogP contribution >= 0.6 is 11.6 Å². The second kappa shape index (κ2) is 5.79. The molecule has 1 aromatic heterocycles. The summed E-state index contributed by atoms with van der Waals surface area (Å²) in [7, 11) is 1.50. The summed E-state index contributed by atoms with van der Waals surface area (Å²) < 4.78 is 5.09. The molecule has 1 amide bonds. The SMILES string of the molecule is COc1cccc(C(=O)Nc2cnc(Cl)c(C)c2)c1N. The zero-order chi connectivity index (χ0) is 14.7. The minimum Gasteiger partial charge on any atom is -0.495 e.